The second-order valence-corrected chi connectivity index (χ2v) is 7.15. The summed E-state index contributed by atoms with van der Waals surface area (Å²) in [4.78, 5) is 17.3. The Kier molecular flexibility index (Phi) is 5.01. The van der Waals surface area contributed by atoms with Crippen molar-refractivity contribution >= 4 is 5.91 Å². The molecule has 0 spiro atoms. The summed E-state index contributed by atoms with van der Waals surface area (Å²) in [7, 11) is 0. The molecule has 27 heavy (non-hydrogen) atoms. The number of hydrogen-bond acceptors (Lipinski definition) is 5. The van der Waals surface area contributed by atoms with Crippen LogP contribution in [0.2, 0.25) is 0 Å². The van der Waals surface area contributed by atoms with Gasteiger partial charge in [-0.15, -0.1) is 0 Å². The summed E-state index contributed by atoms with van der Waals surface area (Å²) < 4.78 is 5.38. The van der Waals surface area contributed by atoms with Gasteiger partial charge in [-0.2, -0.15) is 0 Å². The summed E-state index contributed by atoms with van der Waals surface area (Å²) in [5.41, 5.74) is 3.31. The minimum absolute atomic E-state index is 0.135. The summed E-state index contributed by atoms with van der Waals surface area (Å²) in [6.07, 6.45) is 0.677. The first-order valence-corrected chi connectivity index (χ1v) is 9.30. The largest absolute Gasteiger partial charge is 0.504 e. The molecule has 2 heterocycles. The van der Waals surface area contributed by atoms with Crippen molar-refractivity contribution in [2.75, 3.05) is 26.3 Å². The van der Waals surface area contributed by atoms with Gasteiger partial charge in [0.15, 0.2) is 11.5 Å². The Bertz CT molecular complexity index is 833. The fraction of sp³-hybridized carbons (Fsp3) is 0.381. The van der Waals surface area contributed by atoms with Gasteiger partial charge in [-0.3, -0.25) is 9.69 Å². The molecular weight excluding hydrogens is 344 g/mol. The highest BCUT2D eigenvalue weighted by Crippen LogP contribution is 2.29. The van der Waals surface area contributed by atoms with E-state index in [1.807, 2.05) is 17.0 Å². The number of amides is 1. The molecule has 0 saturated carbocycles. The number of hydrogen-bond donors (Lipinski definition) is 2. The third-order valence-corrected chi connectivity index (χ3v) is 5.38. The molecule has 1 amide bonds. The molecule has 0 radical (unpaired) electrons. The maximum atomic E-state index is 13.2. The zero-order valence-corrected chi connectivity index (χ0v) is 15.2. The van der Waals surface area contributed by atoms with E-state index in [-0.39, 0.29) is 23.4 Å². The predicted octanol–water partition coefficient (Wildman–Crippen LogP) is 1.88. The van der Waals surface area contributed by atoms with E-state index in [9.17, 15) is 15.0 Å². The number of morpholine rings is 1. The normalized spacial score (nSPS) is 20.3. The molecule has 6 heteroatoms. The molecule has 6 nitrogen and oxygen atoms in total. The monoisotopic (exact) mass is 368 g/mol. The molecule has 142 valence electrons. The first kappa shape index (κ1) is 17.8. The average Bonchev–Trinajstić information content (AvgIpc) is 2.70. The maximum absolute atomic E-state index is 13.2. The number of nitrogens with zero attached hydrogens (tertiary/aromatic N) is 2. The van der Waals surface area contributed by atoms with Gasteiger partial charge in [-0.05, 0) is 35.2 Å². The molecule has 0 aliphatic carbocycles. The van der Waals surface area contributed by atoms with Gasteiger partial charge in [0.25, 0.3) is 0 Å². The number of ether oxygens (including phenoxy) is 1. The fourth-order valence-electron chi connectivity index (χ4n) is 3.88. The first-order valence-electron chi connectivity index (χ1n) is 9.30. The lowest BCUT2D eigenvalue weighted by molar-refractivity contribution is -0.142. The Balaban J connectivity index is 1.60. The number of fused-ring (bicyclic) bond motifs is 1. The van der Waals surface area contributed by atoms with Crippen LogP contribution >= 0.6 is 0 Å². The van der Waals surface area contributed by atoms with Crippen molar-refractivity contribution in [2.45, 2.75) is 25.6 Å². The number of carbonyl (C=O) groups excluding carboxylic acids is 1. The third-order valence-electron chi connectivity index (χ3n) is 5.38. The van der Waals surface area contributed by atoms with Gasteiger partial charge < -0.3 is 19.8 Å². The second-order valence-electron chi connectivity index (χ2n) is 7.15. The van der Waals surface area contributed by atoms with E-state index < -0.39 is 0 Å². The van der Waals surface area contributed by atoms with Crippen molar-refractivity contribution < 1.29 is 19.7 Å². The van der Waals surface area contributed by atoms with Gasteiger partial charge in [0, 0.05) is 26.2 Å². The number of phenols is 2. The molecular formula is C21H24N2O4. The summed E-state index contributed by atoms with van der Waals surface area (Å²) in [5.74, 6) is -0.138. The van der Waals surface area contributed by atoms with Crippen LogP contribution in [0.25, 0.3) is 0 Å². The van der Waals surface area contributed by atoms with E-state index in [1.165, 1.54) is 17.2 Å². The molecule has 2 aliphatic heterocycles. The van der Waals surface area contributed by atoms with Crippen LogP contribution in [0.15, 0.2) is 42.5 Å². The van der Waals surface area contributed by atoms with Crippen LogP contribution in [0.5, 0.6) is 11.5 Å². The van der Waals surface area contributed by atoms with Crippen molar-refractivity contribution in [3.63, 3.8) is 0 Å². The first-order chi connectivity index (χ1) is 13.1. The van der Waals surface area contributed by atoms with Crippen LogP contribution in [-0.2, 0) is 29.0 Å². The average molecular weight is 368 g/mol. The van der Waals surface area contributed by atoms with E-state index in [0.717, 1.165) is 5.56 Å². The number of rotatable bonds is 3. The molecule has 2 aromatic carbocycles. The van der Waals surface area contributed by atoms with E-state index in [1.54, 1.807) is 12.1 Å². The molecule has 0 aromatic heterocycles. The van der Waals surface area contributed by atoms with Crippen molar-refractivity contribution in [1.29, 1.82) is 0 Å². The second kappa shape index (κ2) is 7.58. The van der Waals surface area contributed by atoms with Gasteiger partial charge in [0.1, 0.15) is 0 Å². The van der Waals surface area contributed by atoms with Crippen molar-refractivity contribution in [3.05, 3.63) is 59.2 Å². The van der Waals surface area contributed by atoms with Crippen molar-refractivity contribution in [1.82, 2.24) is 9.80 Å². The van der Waals surface area contributed by atoms with E-state index in [4.69, 9.17) is 4.74 Å². The number of phenolic OH excluding ortho intramolecular Hbond substituents is 2. The smallest absolute Gasteiger partial charge is 0.240 e. The number of aromatic hydroxyl groups is 2. The lowest BCUT2D eigenvalue weighted by Crippen LogP contribution is -2.53. The lowest BCUT2D eigenvalue weighted by Gasteiger charge is -2.39. The van der Waals surface area contributed by atoms with Crippen molar-refractivity contribution in [3.8, 4) is 11.5 Å². The van der Waals surface area contributed by atoms with E-state index >= 15 is 0 Å². The Hall–Kier alpha value is -2.57. The van der Waals surface area contributed by atoms with E-state index in [0.29, 0.717) is 45.8 Å². The molecule has 2 aliphatic rings. The van der Waals surface area contributed by atoms with Gasteiger partial charge in [-0.1, -0.05) is 30.3 Å². The van der Waals surface area contributed by atoms with Gasteiger partial charge in [0.05, 0.1) is 19.3 Å². The Morgan fingerprint density at radius 3 is 2.52 bits per heavy atom. The Morgan fingerprint density at radius 2 is 1.78 bits per heavy atom. The third kappa shape index (κ3) is 3.77. The molecule has 1 saturated heterocycles. The van der Waals surface area contributed by atoms with Crippen LogP contribution in [0.4, 0.5) is 0 Å². The fourth-order valence-corrected chi connectivity index (χ4v) is 3.88. The highest BCUT2D eigenvalue weighted by atomic mass is 16.5. The highest BCUT2D eigenvalue weighted by molar-refractivity contribution is 5.82. The quantitative estimate of drug-likeness (QED) is 0.810. The lowest BCUT2D eigenvalue weighted by atomic mass is 9.92. The maximum Gasteiger partial charge on any atom is 0.240 e. The zero-order valence-electron chi connectivity index (χ0n) is 15.2. The predicted molar refractivity (Wildman–Crippen MR) is 100 cm³/mol. The van der Waals surface area contributed by atoms with Crippen LogP contribution < -0.4 is 0 Å². The summed E-state index contributed by atoms with van der Waals surface area (Å²) in [6.45, 7) is 3.64. The van der Waals surface area contributed by atoms with Gasteiger partial charge in [-0.25, -0.2) is 0 Å². The SMILES string of the molecule is O=C([C@H]1Cc2ccccc2CN1Cc1ccc(O)c(O)c1)N1CCOCC1. The zero-order chi connectivity index (χ0) is 18.8. The minimum Gasteiger partial charge on any atom is -0.504 e. The molecule has 0 unspecified atom stereocenters. The van der Waals surface area contributed by atoms with E-state index in [2.05, 4.69) is 17.0 Å². The van der Waals surface area contributed by atoms with Crippen LogP contribution in [-0.4, -0.2) is 58.3 Å². The standard InChI is InChI=1S/C21H24N2O4/c24-19-6-5-15(11-20(19)25)13-23-14-17-4-2-1-3-16(17)12-18(23)21(26)22-7-9-27-10-8-22/h1-6,11,18,24-25H,7-10,12-14H2/t18-/m1/s1. The molecule has 2 N–H and O–H groups in total. The van der Waals surface area contributed by atoms with Gasteiger partial charge >= 0.3 is 0 Å². The Morgan fingerprint density at radius 1 is 1.04 bits per heavy atom. The van der Waals surface area contributed by atoms with Crippen molar-refractivity contribution in [2.24, 2.45) is 0 Å². The summed E-state index contributed by atoms with van der Waals surface area (Å²) >= 11 is 0. The van der Waals surface area contributed by atoms with Gasteiger partial charge in [0.2, 0.25) is 5.91 Å². The molecule has 2 aromatic rings. The van der Waals surface area contributed by atoms with Crippen LogP contribution in [0.3, 0.4) is 0 Å². The molecule has 0 bridgehead atoms. The molecule has 1 fully saturated rings. The molecule has 4 rings (SSSR count). The molecule has 1 atom stereocenters. The van der Waals surface area contributed by atoms with Crippen LogP contribution in [0.1, 0.15) is 16.7 Å². The highest BCUT2D eigenvalue weighted by Gasteiger charge is 2.34. The Labute approximate surface area is 158 Å². The minimum atomic E-state index is -0.242. The number of benzene rings is 2. The number of carbonyl (C=O) groups is 1. The summed E-state index contributed by atoms with van der Waals surface area (Å²) in [6, 6.07) is 12.8. The van der Waals surface area contributed by atoms with Crippen LogP contribution in [0, 0.1) is 0 Å². The summed E-state index contributed by atoms with van der Waals surface area (Å²) in [5, 5.41) is 19.4. The topological polar surface area (TPSA) is 73.2 Å².